The molecule has 0 radical (unpaired) electrons. The Hall–Kier alpha value is -0.970. The molecule has 0 bridgehead atoms. The lowest BCUT2D eigenvalue weighted by atomic mass is 10.2. The molecule has 5 heteroatoms. The molecule has 2 heterocycles. The molecule has 0 atom stereocenters. The van der Waals surface area contributed by atoms with Crippen LogP contribution in [0.4, 0.5) is 0 Å². The van der Waals surface area contributed by atoms with E-state index in [-0.39, 0.29) is 6.79 Å². The quantitative estimate of drug-likeness (QED) is 0.818. The Kier molecular flexibility index (Phi) is 4.65. The maximum absolute atomic E-state index is 6.16. The maximum atomic E-state index is 6.16. The van der Waals surface area contributed by atoms with Crippen LogP contribution in [0.25, 0.3) is 0 Å². The Balaban J connectivity index is 1.41. The van der Waals surface area contributed by atoms with Crippen molar-refractivity contribution in [2.24, 2.45) is 0 Å². The van der Waals surface area contributed by atoms with Gasteiger partial charge in [-0.05, 0) is 63.1 Å². The summed E-state index contributed by atoms with van der Waals surface area (Å²) in [4.78, 5) is 2.54. The highest BCUT2D eigenvalue weighted by atomic mass is 35.5. The third-order valence-corrected chi connectivity index (χ3v) is 4.12. The fourth-order valence-electron chi connectivity index (χ4n) is 2.79. The van der Waals surface area contributed by atoms with Gasteiger partial charge in [0.05, 0.1) is 5.02 Å². The zero-order chi connectivity index (χ0) is 13.8. The lowest BCUT2D eigenvalue weighted by Gasteiger charge is -2.14. The van der Waals surface area contributed by atoms with E-state index in [0.29, 0.717) is 10.8 Å². The molecule has 0 aromatic heterocycles. The summed E-state index contributed by atoms with van der Waals surface area (Å²) in [6.45, 7) is 5.87. The van der Waals surface area contributed by atoms with Gasteiger partial charge >= 0.3 is 0 Å². The molecule has 2 aliphatic rings. The Morgan fingerprint density at radius 2 is 2.05 bits per heavy atom. The van der Waals surface area contributed by atoms with E-state index in [1.54, 1.807) is 0 Å². The number of nitrogens with zero attached hydrogens (tertiary/aromatic N) is 1. The molecular formula is C15H21ClN2O2. The summed E-state index contributed by atoms with van der Waals surface area (Å²) in [5.41, 5.74) is 1.14. The number of benzene rings is 1. The van der Waals surface area contributed by atoms with Crippen molar-refractivity contribution in [3.8, 4) is 11.5 Å². The van der Waals surface area contributed by atoms with E-state index in [1.165, 1.54) is 38.9 Å². The van der Waals surface area contributed by atoms with E-state index in [2.05, 4.69) is 10.2 Å². The van der Waals surface area contributed by atoms with Gasteiger partial charge in [0, 0.05) is 6.54 Å². The van der Waals surface area contributed by atoms with Crippen LogP contribution in [-0.4, -0.2) is 37.9 Å². The summed E-state index contributed by atoms with van der Waals surface area (Å²) >= 11 is 6.16. The second-order valence-electron chi connectivity index (χ2n) is 5.39. The first-order chi connectivity index (χ1) is 9.83. The number of nitrogens with one attached hydrogen (secondary N) is 1. The van der Waals surface area contributed by atoms with Crippen molar-refractivity contribution < 1.29 is 9.47 Å². The molecular weight excluding hydrogens is 276 g/mol. The van der Waals surface area contributed by atoms with Crippen LogP contribution in [-0.2, 0) is 6.54 Å². The number of hydrogen-bond acceptors (Lipinski definition) is 4. The van der Waals surface area contributed by atoms with Crippen molar-refractivity contribution >= 4 is 11.6 Å². The number of fused-ring (bicyclic) bond motifs is 1. The highest BCUT2D eigenvalue weighted by molar-refractivity contribution is 6.32. The van der Waals surface area contributed by atoms with Gasteiger partial charge in [0.2, 0.25) is 6.79 Å². The highest BCUT2D eigenvalue weighted by Gasteiger charge is 2.18. The molecule has 0 aliphatic carbocycles. The standard InChI is InChI=1S/C15H21ClN2O2/c16-13-8-12(9-14-15(13)20-11-19-14)10-17-4-3-7-18-5-1-2-6-18/h8-9,17H,1-7,10-11H2. The molecule has 1 fully saturated rings. The topological polar surface area (TPSA) is 33.7 Å². The van der Waals surface area contributed by atoms with Gasteiger partial charge in [0.1, 0.15) is 0 Å². The SMILES string of the molecule is Clc1cc(CNCCCN2CCCC2)cc2c1OCO2. The van der Waals surface area contributed by atoms with Gasteiger partial charge in [0.15, 0.2) is 11.5 Å². The number of hydrogen-bond donors (Lipinski definition) is 1. The molecule has 1 N–H and O–H groups in total. The molecule has 1 saturated heterocycles. The fraction of sp³-hybridized carbons (Fsp3) is 0.600. The zero-order valence-electron chi connectivity index (χ0n) is 11.7. The molecule has 0 unspecified atom stereocenters. The number of halogens is 1. The number of ether oxygens (including phenoxy) is 2. The molecule has 4 nitrogen and oxygen atoms in total. The molecule has 0 spiro atoms. The van der Waals surface area contributed by atoms with Crippen LogP contribution in [0.3, 0.4) is 0 Å². The van der Waals surface area contributed by atoms with Crippen molar-refractivity contribution in [1.29, 1.82) is 0 Å². The van der Waals surface area contributed by atoms with E-state index < -0.39 is 0 Å². The van der Waals surface area contributed by atoms with Crippen LogP contribution in [0.2, 0.25) is 5.02 Å². The average Bonchev–Trinajstić information content (AvgIpc) is 3.08. The maximum Gasteiger partial charge on any atom is 0.231 e. The predicted octanol–water partition coefficient (Wildman–Crippen LogP) is 2.64. The minimum absolute atomic E-state index is 0.266. The zero-order valence-corrected chi connectivity index (χ0v) is 12.4. The summed E-state index contributed by atoms with van der Waals surface area (Å²) in [7, 11) is 0. The second-order valence-corrected chi connectivity index (χ2v) is 5.80. The highest BCUT2D eigenvalue weighted by Crippen LogP contribution is 2.39. The number of likely N-dealkylation sites (tertiary alicyclic amines) is 1. The summed E-state index contributed by atoms with van der Waals surface area (Å²) in [5, 5.41) is 4.10. The number of rotatable bonds is 6. The fourth-order valence-corrected chi connectivity index (χ4v) is 3.08. The minimum atomic E-state index is 0.266. The van der Waals surface area contributed by atoms with Crippen molar-refractivity contribution in [3.63, 3.8) is 0 Å². The third-order valence-electron chi connectivity index (χ3n) is 3.84. The van der Waals surface area contributed by atoms with Gasteiger partial charge in [-0.2, -0.15) is 0 Å². The molecule has 1 aromatic rings. The average molecular weight is 297 g/mol. The van der Waals surface area contributed by atoms with Crippen LogP contribution in [0.5, 0.6) is 11.5 Å². The molecule has 110 valence electrons. The van der Waals surface area contributed by atoms with Crippen molar-refractivity contribution in [2.75, 3.05) is 33.0 Å². The first-order valence-corrected chi connectivity index (χ1v) is 7.72. The van der Waals surface area contributed by atoms with Crippen molar-refractivity contribution in [3.05, 3.63) is 22.7 Å². The largest absolute Gasteiger partial charge is 0.454 e. The molecule has 0 saturated carbocycles. The van der Waals surface area contributed by atoms with Gasteiger partial charge in [0.25, 0.3) is 0 Å². The summed E-state index contributed by atoms with van der Waals surface area (Å²) < 4.78 is 10.7. The van der Waals surface area contributed by atoms with Crippen molar-refractivity contribution in [1.82, 2.24) is 10.2 Å². The molecule has 3 rings (SSSR count). The van der Waals surface area contributed by atoms with E-state index >= 15 is 0 Å². The van der Waals surface area contributed by atoms with Crippen LogP contribution in [0.1, 0.15) is 24.8 Å². The first kappa shape index (κ1) is 14.0. The van der Waals surface area contributed by atoms with Crippen molar-refractivity contribution in [2.45, 2.75) is 25.8 Å². The summed E-state index contributed by atoms with van der Waals surface area (Å²) in [5.74, 6) is 1.43. The molecule has 1 aromatic carbocycles. The minimum Gasteiger partial charge on any atom is -0.454 e. The molecule has 2 aliphatic heterocycles. The van der Waals surface area contributed by atoms with Crippen LogP contribution >= 0.6 is 11.6 Å². The lowest BCUT2D eigenvalue weighted by Crippen LogP contribution is -2.24. The van der Waals surface area contributed by atoms with Gasteiger partial charge < -0.3 is 19.7 Å². The van der Waals surface area contributed by atoms with Gasteiger partial charge in [-0.15, -0.1) is 0 Å². The Morgan fingerprint density at radius 3 is 2.90 bits per heavy atom. The Labute approximate surface area is 125 Å². The predicted molar refractivity (Wildman–Crippen MR) is 79.6 cm³/mol. The van der Waals surface area contributed by atoms with E-state index in [4.69, 9.17) is 21.1 Å². The van der Waals surface area contributed by atoms with E-state index in [1.807, 2.05) is 12.1 Å². The molecule has 0 amide bonds. The van der Waals surface area contributed by atoms with Crippen LogP contribution < -0.4 is 14.8 Å². The first-order valence-electron chi connectivity index (χ1n) is 7.34. The lowest BCUT2D eigenvalue weighted by molar-refractivity contribution is 0.174. The van der Waals surface area contributed by atoms with Crippen LogP contribution in [0, 0.1) is 0 Å². The Bertz CT molecular complexity index is 461. The Morgan fingerprint density at radius 1 is 1.20 bits per heavy atom. The monoisotopic (exact) mass is 296 g/mol. The second kappa shape index (κ2) is 6.66. The molecule has 20 heavy (non-hydrogen) atoms. The van der Waals surface area contributed by atoms with Gasteiger partial charge in [-0.1, -0.05) is 11.6 Å². The van der Waals surface area contributed by atoms with E-state index in [9.17, 15) is 0 Å². The normalized spacial score (nSPS) is 17.9. The smallest absolute Gasteiger partial charge is 0.231 e. The van der Waals surface area contributed by atoms with Gasteiger partial charge in [-0.25, -0.2) is 0 Å². The summed E-state index contributed by atoms with van der Waals surface area (Å²) in [6, 6.07) is 3.95. The van der Waals surface area contributed by atoms with Gasteiger partial charge in [-0.3, -0.25) is 0 Å². The third kappa shape index (κ3) is 3.37. The van der Waals surface area contributed by atoms with E-state index in [0.717, 1.165) is 24.4 Å². The summed E-state index contributed by atoms with van der Waals surface area (Å²) in [6.07, 6.45) is 3.92. The van der Waals surface area contributed by atoms with Crippen LogP contribution in [0.15, 0.2) is 12.1 Å².